The second-order valence-corrected chi connectivity index (χ2v) is 11.9. The number of hydrogen-bond acceptors (Lipinski definition) is 8. The average Bonchev–Trinajstić information content (AvgIpc) is 3.38. The molecule has 2 aliphatic rings. The van der Waals surface area contributed by atoms with Crippen LogP contribution in [0.2, 0.25) is 5.02 Å². The molecule has 0 N–H and O–H groups in total. The topological polar surface area (TPSA) is 98.5 Å². The number of fused-ring (bicyclic) bond motifs is 2. The highest BCUT2D eigenvalue weighted by molar-refractivity contribution is 6.36. The maximum atomic E-state index is 16.6. The maximum absolute atomic E-state index is 16.6. The number of likely N-dealkylation sites (tertiary alicyclic amines) is 1. The molecule has 0 saturated carbocycles. The first-order valence-corrected chi connectivity index (χ1v) is 15.3. The molecule has 0 spiro atoms. The molecule has 4 aromatic rings. The molecule has 13 heteroatoms. The van der Waals surface area contributed by atoms with Crippen molar-refractivity contribution >= 4 is 45.0 Å². The number of pyridine rings is 1. The van der Waals surface area contributed by atoms with Gasteiger partial charge in [-0.05, 0) is 31.0 Å². The number of carbonyl (C=O) groups is 1. The van der Waals surface area contributed by atoms with Crippen LogP contribution in [0.4, 0.5) is 19.0 Å². The minimum atomic E-state index is -0.971. The molecule has 2 aliphatic heterocycles. The van der Waals surface area contributed by atoms with Crippen molar-refractivity contribution in [1.29, 1.82) is 5.26 Å². The first kappa shape index (κ1) is 31.5. The zero-order valence-electron chi connectivity index (χ0n) is 25.0. The van der Waals surface area contributed by atoms with Crippen LogP contribution < -0.4 is 9.64 Å². The number of amides is 1. The van der Waals surface area contributed by atoms with Gasteiger partial charge in [0.05, 0.1) is 23.9 Å². The molecule has 0 radical (unpaired) electrons. The van der Waals surface area contributed by atoms with E-state index < -0.39 is 30.6 Å². The highest BCUT2D eigenvalue weighted by atomic mass is 35.5. The van der Waals surface area contributed by atoms with Crippen LogP contribution in [-0.4, -0.2) is 95.4 Å². The van der Waals surface area contributed by atoms with Crippen LogP contribution in [-0.2, 0) is 4.79 Å². The third kappa shape index (κ3) is 6.17. The van der Waals surface area contributed by atoms with Gasteiger partial charge in [-0.3, -0.25) is 14.7 Å². The van der Waals surface area contributed by atoms with Crippen LogP contribution in [0.5, 0.6) is 6.01 Å². The van der Waals surface area contributed by atoms with Gasteiger partial charge >= 0.3 is 6.01 Å². The monoisotopic (exact) mass is 649 g/mol. The van der Waals surface area contributed by atoms with Crippen molar-refractivity contribution in [3.05, 3.63) is 65.6 Å². The second-order valence-electron chi connectivity index (χ2n) is 11.4. The Labute approximate surface area is 268 Å². The van der Waals surface area contributed by atoms with Crippen molar-refractivity contribution in [2.75, 3.05) is 51.4 Å². The molecule has 6 rings (SSSR count). The molecule has 9 nitrogen and oxygen atoms in total. The van der Waals surface area contributed by atoms with E-state index in [2.05, 4.69) is 21.0 Å². The van der Waals surface area contributed by atoms with Gasteiger partial charge in [0.25, 0.3) is 0 Å². The number of halogens is 4. The Morgan fingerprint density at radius 3 is 2.72 bits per heavy atom. The van der Waals surface area contributed by atoms with Gasteiger partial charge in [-0.15, -0.1) is 0 Å². The fraction of sp³-hybridized carbons (Fsp3) is 0.364. The number of ether oxygens (including phenoxy) is 1. The van der Waals surface area contributed by atoms with Gasteiger partial charge in [-0.1, -0.05) is 41.9 Å². The lowest BCUT2D eigenvalue weighted by molar-refractivity contribution is -0.128. The van der Waals surface area contributed by atoms with Gasteiger partial charge in [-0.2, -0.15) is 15.2 Å². The van der Waals surface area contributed by atoms with E-state index in [0.717, 1.165) is 17.5 Å². The van der Waals surface area contributed by atoms with Gasteiger partial charge in [0, 0.05) is 60.5 Å². The van der Waals surface area contributed by atoms with Crippen molar-refractivity contribution < 1.29 is 22.7 Å². The Bertz CT molecular complexity index is 1850. The Morgan fingerprint density at radius 1 is 1.17 bits per heavy atom. The number of anilines is 1. The molecule has 2 aromatic heterocycles. The standard InChI is InChI=1S/C33H31ClF3N7O2/c1-42-17-21(36)15-23(42)19-46-33-40-31-25(16-39-30(29(31)37)24-7-2-5-20-6-3-8-26(34)28(20)24)32(41-33)43-13-14-44(22(18-43)10-12-38)27(45)9-4-11-35/h2-9,16,21-23H,10-11,13-15,17-19H2,1H3/b9-4+/t21-,22+,23+/m1/s1. The maximum Gasteiger partial charge on any atom is 0.319 e. The number of nitrogens with zero attached hydrogens (tertiary/aromatic N) is 7. The predicted molar refractivity (Wildman–Crippen MR) is 170 cm³/mol. The Morgan fingerprint density at radius 2 is 1.98 bits per heavy atom. The second kappa shape index (κ2) is 13.5. The van der Waals surface area contributed by atoms with Crippen LogP contribution in [0, 0.1) is 17.1 Å². The van der Waals surface area contributed by atoms with Crippen LogP contribution in [0.1, 0.15) is 12.8 Å². The van der Waals surface area contributed by atoms with Crippen LogP contribution in [0.25, 0.3) is 32.9 Å². The molecule has 0 aliphatic carbocycles. The highest BCUT2D eigenvalue weighted by Crippen LogP contribution is 2.37. The Balaban J connectivity index is 1.43. The minimum Gasteiger partial charge on any atom is -0.462 e. The summed E-state index contributed by atoms with van der Waals surface area (Å²) >= 11 is 6.55. The number of benzene rings is 2. The summed E-state index contributed by atoms with van der Waals surface area (Å²) in [6, 6.07) is 12.1. The number of hydrogen-bond donors (Lipinski definition) is 0. The summed E-state index contributed by atoms with van der Waals surface area (Å²) in [5, 5.41) is 11.8. The van der Waals surface area contributed by atoms with E-state index in [1.54, 1.807) is 18.2 Å². The molecule has 2 saturated heterocycles. The molecular formula is C33H31ClF3N7O2. The number of alkyl halides is 2. The van der Waals surface area contributed by atoms with Crippen molar-refractivity contribution in [2.45, 2.75) is 31.1 Å². The van der Waals surface area contributed by atoms with Crippen LogP contribution in [0.15, 0.2) is 54.7 Å². The van der Waals surface area contributed by atoms with E-state index in [1.807, 2.05) is 35.0 Å². The number of nitriles is 1. The first-order chi connectivity index (χ1) is 22.3. The zero-order valence-corrected chi connectivity index (χ0v) is 25.8. The lowest BCUT2D eigenvalue weighted by Crippen LogP contribution is -2.55. The smallest absolute Gasteiger partial charge is 0.319 e. The number of aromatic nitrogens is 3. The zero-order chi connectivity index (χ0) is 32.4. The SMILES string of the molecule is CN1C[C@H](F)C[C@H]1COc1nc(N2CCN(C(=O)/C=C/CF)[C@@H](CC#N)C2)c2cnc(-c3cccc4cccc(Cl)c34)c(F)c2n1. The van der Waals surface area contributed by atoms with Gasteiger partial charge in [0.2, 0.25) is 5.91 Å². The van der Waals surface area contributed by atoms with E-state index in [1.165, 1.54) is 11.1 Å². The number of rotatable bonds is 8. The molecule has 2 aromatic carbocycles. The van der Waals surface area contributed by atoms with Gasteiger partial charge in [0.1, 0.15) is 36.5 Å². The molecule has 46 heavy (non-hydrogen) atoms. The summed E-state index contributed by atoms with van der Waals surface area (Å²) < 4.78 is 49.3. The summed E-state index contributed by atoms with van der Waals surface area (Å²) in [6.45, 7) is 0.320. The summed E-state index contributed by atoms with van der Waals surface area (Å²) in [4.78, 5) is 31.6. The summed E-state index contributed by atoms with van der Waals surface area (Å²) in [6.07, 6.45) is 3.14. The van der Waals surface area contributed by atoms with Crippen molar-refractivity contribution in [1.82, 2.24) is 24.8 Å². The van der Waals surface area contributed by atoms with E-state index in [9.17, 15) is 18.8 Å². The fourth-order valence-corrected chi connectivity index (χ4v) is 6.53. The summed E-state index contributed by atoms with van der Waals surface area (Å²) in [5.74, 6) is -0.766. The number of piperazine rings is 1. The van der Waals surface area contributed by atoms with E-state index >= 15 is 4.39 Å². The molecule has 0 bridgehead atoms. The molecule has 0 unspecified atom stereocenters. The Kier molecular flexibility index (Phi) is 9.24. The first-order valence-electron chi connectivity index (χ1n) is 14.9. The molecule has 238 valence electrons. The molecular weight excluding hydrogens is 619 g/mol. The summed E-state index contributed by atoms with van der Waals surface area (Å²) in [7, 11) is 1.81. The number of likely N-dealkylation sites (N-methyl/N-ethyl adjacent to an activating group) is 1. The predicted octanol–water partition coefficient (Wildman–Crippen LogP) is 5.52. The Hall–Kier alpha value is -4.47. The third-order valence-electron chi connectivity index (χ3n) is 8.54. The molecule has 3 atom stereocenters. The normalized spacial score (nSPS) is 20.6. The van der Waals surface area contributed by atoms with Crippen LogP contribution in [0.3, 0.4) is 0 Å². The van der Waals surface area contributed by atoms with E-state index in [-0.39, 0.29) is 49.4 Å². The number of carbonyl (C=O) groups excluding carboxylic acids is 1. The highest BCUT2D eigenvalue weighted by Gasteiger charge is 2.33. The lowest BCUT2D eigenvalue weighted by Gasteiger charge is -2.41. The van der Waals surface area contributed by atoms with Crippen molar-refractivity contribution in [3.8, 4) is 23.3 Å². The van der Waals surface area contributed by atoms with Gasteiger partial charge < -0.3 is 14.5 Å². The lowest BCUT2D eigenvalue weighted by atomic mass is 10.0. The molecule has 4 heterocycles. The van der Waals surface area contributed by atoms with Crippen molar-refractivity contribution in [2.24, 2.45) is 0 Å². The van der Waals surface area contributed by atoms with Gasteiger partial charge in [-0.25, -0.2) is 13.2 Å². The molecule has 2 fully saturated rings. The average molecular weight is 650 g/mol. The van der Waals surface area contributed by atoms with Crippen molar-refractivity contribution in [3.63, 3.8) is 0 Å². The number of allylic oxidation sites excluding steroid dienone is 1. The fourth-order valence-electron chi connectivity index (χ4n) is 6.24. The van der Waals surface area contributed by atoms with Crippen LogP contribution >= 0.6 is 11.6 Å². The quantitative estimate of drug-likeness (QED) is 0.230. The third-order valence-corrected chi connectivity index (χ3v) is 8.85. The van der Waals surface area contributed by atoms with Gasteiger partial charge in [0.15, 0.2) is 5.82 Å². The van der Waals surface area contributed by atoms with E-state index in [4.69, 9.17) is 16.3 Å². The minimum absolute atomic E-state index is 0.0229. The largest absolute Gasteiger partial charge is 0.462 e. The van der Waals surface area contributed by atoms with E-state index in [0.29, 0.717) is 46.7 Å². The molecule has 1 amide bonds. The summed E-state index contributed by atoms with van der Waals surface area (Å²) in [5.41, 5.74) is 0.516.